The Balaban J connectivity index is 2.19. The van der Waals surface area contributed by atoms with Gasteiger partial charge in [0.1, 0.15) is 11.5 Å². The number of nitrogens with zero attached hydrogens (tertiary/aromatic N) is 1. The Kier molecular flexibility index (Phi) is 5.09. The van der Waals surface area contributed by atoms with Gasteiger partial charge in [0.15, 0.2) is 0 Å². The lowest BCUT2D eigenvalue weighted by molar-refractivity contribution is 0.0655. The summed E-state index contributed by atoms with van der Waals surface area (Å²) >= 11 is 0. The van der Waals surface area contributed by atoms with Gasteiger partial charge in [-0.2, -0.15) is 0 Å². The zero-order valence-electron chi connectivity index (χ0n) is 14.0. The van der Waals surface area contributed by atoms with Crippen molar-refractivity contribution in [1.82, 2.24) is 10.2 Å². The second kappa shape index (κ2) is 6.65. The summed E-state index contributed by atoms with van der Waals surface area (Å²) in [4.78, 5) is 15.0. The highest BCUT2D eigenvalue weighted by atomic mass is 16.3. The lowest BCUT2D eigenvalue weighted by Crippen LogP contribution is -2.43. The highest BCUT2D eigenvalue weighted by Crippen LogP contribution is 2.24. The third-order valence-electron chi connectivity index (χ3n) is 4.57. The van der Waals surface area contributed by atoms with Gasteiger partial charge >= 0.3 is 0 Å². The van der Waals surface area contributed by atoms with Crippen LogP contribution in [0.25, 0.3) is 0 Å². The molecular weight excluding hydrogens is 264 g/mol. The molecule has 1 aliphatic heterocycles. The standard InChI is InChI=1S/C17H28N2O2/c1-11(2)19(10-15-6-8-18-9-7-15)17(20)16-12(3)13(4)21-14(16)5/h11,15,18H,6-10H2,1-5H3. The molecular formula is C17H28N2O2. The average molecular weight is 292 g/mol. The van der Waals surface area contributed by atoms with Crippen molar-refractivity contribution >= 4 is 5.91 Å². The van der Waals surface area contributed by atoms with Gasteiger partial charge in [0.2, 0.25) is 0 Å². The van der Waals surface area contributed by atoms with Gasteiger partial charge in [0.25, 0.3) is 5.91 Å². The Morgan fingerprint density at radius 3 is 2.33 bits per heavy atom. The van der Waals surface area contributed by atoms with Crippen LogP contribution in [-0.2, 0) is 0 Å². The molecule has 0 spiro atoms. The van der Waals surface area contributed by atoms with E-state index in [4.69, 9.17) is 4.42 Å². The summed E-state index contributed by atoms with van der Waals surface area (Å²) < 4.78 is 5.63. The number of amides is 1. The van der Waals surface area contributed by atoms with Gasteiger partial charge < -0.3 is 14.6 Å². The first-order valence-corrected chi connectivity index (χ1v) is 8.00. The lowest BCUT2D eigenvalue weighted by atomic mass is 9.96. The summed E-state index contributed by atoms with van der Waals surface area (Å²) in [5.74, 6) is 2.31. The molecule has 1 amide bonds. The van der Waals surface area contributed by atoms with Crippen LogP contribution in [0.5, 0.6) is 0 Å². The van der Waals surface area contributed by atoms with Crippen molar-refractivity contribution in [2.24, 2.45) is 5.92 Å². The van der Waals surface area contributed by atoms with E-state index >= 15 is 0 Å². The van der Waals surface area contributed by atoms with E-state index in [1.54, 1.807) is 0 Å². The molecule has 1 aliphatic rings. The van der Waals surface area contributed by atoms with E-state index < -0.39 is 0 Å². The van der Waals surface area contributed by atoms with Crippen molar-refractivity contribution in [3.63, 3.8) is 0 Å². The smallest absolute Gasteiger partial charge is 0.257 e. The summed E-state index contributed by atoms with van der Waals surface area (Å²) in [7, 11) is 0. The maximum Gasteiger partial charge on any atom is 0.257 e. The van der Waals surface area contributed by atoms with E-state index in [2.05, 4.69) is 19.2 Å². The summed E-state index contributed by atoms with van der Waals surface area (Å²) in [5, 5.41) is 3.38. The Hall–Kier alpha value is -1.29. The molecule has 4 nitrogen and oxygen atoms in total. The monoisotopic (exact) mass is 292 g/mol. The number of aryl methyl sites for hydroxylation is 2. The topological polar surface area (TPSA) is 45.5 Å². The zero-order chi connectivity index (χ0) is 15.6. The maximum absolute atomic E-state index is 13.0. The molecule has 4 heteroatoms. The molecule has 1 aromatic heterocycles. The molecule has 0 unspecified atom stereocenters. The number of piperidine rings is 1. The van der Waals surface area contributed by atoms with Crippen LogP contribution in [0.1, 0.15) is 54.1 Å². The van der Waals surface area contributed by atoms with Crippen LogP contribution in [0.2, 0.25) is 0 Å². The van der Waals surface area contributed by atoms with Gasteiger partial charge in [-0.15, -0.1) is 0 Å². The van der Waals surface area contributed by atoms with Crippen LogP contribution in [0.3, 0.4) is 0 Å². The van der Waals surface area contributed by atoms with Gasteiger partial charge in [0.05, 0.1) is 5.56 Å². The highest BCUT2D eigenvalue weighted by Gasteiger charge is 2.28. The molecule has 2 heterocycles. The summed E-state index contributed by atoms with van der Waals surface area (Å²) in [6.07, 6.45) is 2.30. The van der Waals surface area contributed by atoms with E-state index in [-0.39, 0.29) is 11.9 Å². The molecule has 0 saturated carbocycles. The van der Waals surface area contributed by atoms with Gasteiger partial charge in [-0.3, -0.25) is 4.79 Å². The summed E-state index contributed by atoms with van der Waals surface area (Å²) in [6.45, 7) is 12.9. The third kappa shape index (κ3) is 3.49. The molecule has 21 heavy (non-hydrogen) atoms. The number of hydrogen-bond acceptors (Lipinski definition) is 3. The first-order valence-electron chi connectivity index (χ1n) is 8.00. The molecule has 0 radical (unpaired) electrons. The SMILES string of the molecule is Cc1oc(C)c(C(=O)N(CC2CCNCC2)C(C)C)c1C. The molecule has 0 atom stereocenters. The minimum atomic E-state index is 0.121. The van der Waals surface area contributed by atoms with Crippen LogP contribution in [0, 0.1) is 26.7 Å². The fourth-order valence-electron chi connectivity index (χ4n) is 3.12. The van der Waals surface area contributed by atoms with E-state index in [0.29, 0.717) is 5.92 Å². The largest absolute Gasteiger partial charge is 0.466 e. The van der Waals surface area contributed by atoms with Crippen molar-refractivity contribution in [2.75, 3.05) is 19.6 Å². The minimum absolute atomic E-state index is 0.121. The zero-order valence-corrected chi connectivity index (χ0v) is 14.0. The summed E-state index contributed by atoms with van der Waals surface area (Å²) in [5.41, 5.74) is 1.74. The molecule has 1 N–H and O–H groups in total. The normalized spacial score (nSPS) is 16.5. The fraction of sp³-hybridized carbons (Fsp3) is 0.706. The Morgan fingerprint density at radius 2 is 1.86 bits per heavy atom. The number of rotatable bonds is 4. The Morgan fingerprint density at radius 1 is 1.24 bits per heavy atom. The van der Waals surface area contributed by atoms with Crippen molar-refractivity contribution in [2.45, 2.75) is 53.5 Å². The second-order valence-electron chi connectivity index (χ2n) is 6.46. The van der Waals surface area contributed by atoms with E-state index in [9.17, 15) is 4.79 Å². The second-order valence-corrected chi connectivity index (χ2v) is 6.46. The average Bonchev–Trinajstić information content (AvgIpc) is 2.70. The number of hydrogen-bond donors (Lipinski definition) is 1. The van der Waals surface area contributed by atoms with E-state index in [0.717, 1.165) is 55.1 Å². The van der Waals surface area contributed by atoms with Crippen LogP contribution in [-0.4, -0.2) is 36.5 Å². The molecule has 0 bridgehead atoms. The number of nitrogens with one attached hydrogen (secondary N) is 1. The van der Waals surface area contributed by atoms with Crippen molar-refractivity contribution in [3.8, 4) is 0 Å². The predicted molar refractivity (Wildman–Crippen MR) is 84.7 cm³/mol. The first-order chi connectivity index (χ1) is 9.91. The molecule has 118 valence electrons. The Labute approximate surface area is 127 Å². The van der Waals surface area contributed by atoms with Gasteiger partial charge in [-0.1, -0.05) is 0 Å². The quantitative estimate of drug-likeness (QED) is 0.927. The van der Waals surface area contributed by atoms with Crippen molar-refractivity contribution in [1.29, 1.82) is 0 Å². The van der Waals surface area contributed by atoms with Crippen molar-refractivity contribution < 1.29 is 9.21 Å². The predicted octanol–water partition coefficient (Wildman–Crippen LogP) is 3.06. The van der Waals surface area contributed by atoms with Gasteiger partial charge in [0, 0.05) is 18.2 Å². The van der Waals surface area contributed by atoms with Crippen LogP contribution >= 0.6 is 0 Å². The minimum Gasteiger partial charge on any atom is -0.466 e. The Bertz CT molecular complexity index is 499. The molecule has 1 aromatic rings. The number of carbonyl (C=O) groups is 1. The lowest BCUT2D eigenvalue weighted by Gasteiger charge is -2.33. The van der Waals surface area contributed by atoms with Crippen molar-refractivity contribution in [3.05, 3.63) is 22.6 Å². The van der Waals surface area contributed by atoms with Crippen LogP contribution in [0.15, 0.2) is 4.42 Å². The molecule has 1 fully saturated rings. The maximum atomic E-state index is 13.0. The first kappa shape index (κ1) is 16.1. The molecule has 2 rings (SSSR count). The van der Waals surface area contributed by atoms with Crippen LogP contribution in [0.4, 0.5) is 0 Å². The molecule has 0 aromatic carbocycles. The summed E-state index contributed by atoms with van der Waals surface area (Å²) in [6, 6.07) is 0.210. The number of carbonyl (C=O) groups excluding carboxylic acids is 1. The highest BCUT2D eigenvalue weighted by molar-refractivity contribution is 5.97. The third-order valence-corrected chi connectivity index (χ3v) is 4.57. The molecule has 0 aliphatic carbocycles. The van der Waals surface area contributed by atoms with E-state index in [1.807, 2.05) is 25.7 Å². The molecule has 1 saturated heterocycles. The van der Waals surface area contributed by atoms with E-state index in [1.165, 1.54) is 0 Å². The van der Waals surface area contributed by atoms with Crippen LogP contribution < -0.4 is 5.32 Å². The van der Waals surface area contributed by atoms with Gasteiger partial charge in [-0.25, -0.2) is 0 Å². The number of furan rings is 1. The fourth-order valence-corrected chi connectivity index (χ4v) is 3.12. The van der Waals surface area contributed by atoms with Gasteiger partial charge in [-0.05, 0) is 66.5 Å².